The van der Waals surface area contributed by atoms with Gasteiger partial charge in [0.1, 0.15) is 17.1 Å². The number of aromatic nitrogens is 2. The van der Waals surface area contributed by atoms with Gasteiger partial charge in [-0.2, -0.15) is 0 Å². The van der Waals surface area contributed by atoms with Gasteiger partial charge in [0.25, 0.3) is 0 Å². The summed E-state index contributed by atoms with van der Waals surface area (Å²) in [6.07, 6.45) is 2.27. The molecule has 0 amide bonds. The monoisotopic (exact) mass is 307 g/mol. The van der Waals surface area contributed by atoms with E-state index in [0.717, 1.165) is 48.5 Å². The molecular formula is C16H22ClN3O. The predicted molar refractivity (Wildman–Crippen MR) is 86.3 cm³/mol. The van der Waals surface area contributed by atoms with Gasteiger partial charge in [0.15, 0.2) is 0 Å². The zero-order valence-corrected chi connectivity index (χ0v) is 13.6. The Kier molecular flexibility index (Phi) is 4.09. The SMILES string of the molecule is COc1cccc2c1nc(C(C)Cl)n2C1CCN(C)CC1. The summed E-state index contributed by atoms with van der Waals surface area (Å²) in [5, 5.41) is -0.109. The number of rotatable bonds is 3. The lowest BCUT2D eigenvalue weighted by atomic mass is 10.0. The number of para-hydroxylation sites is 1. The number of hydrogen-bond donors (Lipinski definition) is 0. The van der Waals surface area contributed by atoms with Crippen molar-refractivity contribution in [3.05, 3.63) is 24.0 Å². The Morgan fingerprint density at radius 1 is 1.33 bits per heavy atom. The molecule has 2 heterocycles. The van der Waals surface area contributed by atoms with Gasteiger partial charge in [-0.1, -0.05) is 6.07 Å². The maximum absolute atomic E-state index is 6.39. The van der Waals surface area contributed by atoms with Crippen molar-refractivity contribution in [3.8, 4) is 5.75 Å². The molecule has 21 heavy (non-hydrogen) atoms. The minimum Gasteiger partial charge on any atom is -0.494 e. The minimum absolute atomic E-state index is 0.109. The van der Waals surface area contributed by atoms with Crippen molar-refractivity contribution in [1.29, 1.82) is 0 Å². The van der Waals surface area contributed by atoms with E-state index < -0.39 is 0 Å². The van der Waals surface area contributed by atoms with Crippen molar-refractivity contribution < 1.29 is 4.74 Å². The molecule has 3 rings (SSSR count). The third kappa shape index (κ3) is 2.62. The van der Waals surface area contributed by atoms with Crippen molar-refractivity contribution >= 4 is 22.6 Å². The Bertz CT molecular complexity index is 630. The highest BCUT2D eigenvalue weighted by Gasteiger charge is 2.25. The van der Waals surface area contributed by atoms with Gasteiger partial charge in [-0.05, 0) is 52.0 Å². The molecule has 4 nitrogen and oxygen atoms in total. The summed E-state index contributed by atoms with van der Waals surface area (Å²) in [6, 6.07) is 6.56. The third-order valence-electron chi connectivity index (χ3n) is 4.34. The Balaban J connectivity index is 2.12. The number of hydrogen-bond acceptors (Lipinski definition) is 3. The van der Waals surface area contributed by atoms with E-state index in [4.69, 9.17) is 21.3 Å². The molecule has 0 aliphatic carbocycles. The molecule has 114 valence electrons. The van der Waals surface area contributed by atoms with Crippen LogP contribution in [0.3, 0.4) is 0 Å². The van der Waals surface area contributed by atoms with Gasteiger partial charge in [-0.3, -0.25) is 0 Å². The summed E-state index contributed by atoms with van der Waals surface area (Å²) in [6.45, 7) is 4.22. The van der Waals surface area contributed by atoms with E-state index in [2.05, 4.69) is 22.6 Å². The van der Waals surface area contributed by atoms with Crippen LogP contribution in [0.4, 0.5) is 0 Å². The van der Waals surface area contributed by atoms with Gasteiger partial charge in [0, 0.05) is 6.04 Å². The van der Waals surface area contributed by atoms with Crippen LogP contribution in [-0.2, 0) is 0 Å². The Morgan fingerprint density at radius 3 is 2.67 bits per heavy atom. The van der Waals surface area contributed by atoms with E-state index in [0.29, 0.717) is 6.04 Å². The highest BCUT2D eigenvalue weighted by molar-refractivity contribution is 6.20. The molecular weight excluding hydrogens is 286 g/mol. The maximum Gasteiger partial charge on any atom is 0.146 e. The van der Waals surface area contributed by atoms with Crippen LogP contribution in [0.5, 0.6) is 5.75 Å². The fraction of sp³-hybridized carbons (Fsp3) is 0.562. The molecule has 1 aliphatic rings. The molecule has 2 aromatic rings. The molecule has 1 saturated heterocycles. The highest BCUT2D eigenvalue weighted by atomic mass is 35.5. The minimum atomic E-state index is -0.109. The summed E-state index contributed by atoms with van der Waals surface area (Å²) in [7, 11) is 3.86. The van der Waals surface area contributed by atoms with Crippen molar-refractivity contribution in [1.82, 2.24) is 14.5 Å². The van der Waals surface area contributed by atoms with Crippen LogP contribution in [0, 0.1) is 0 Å². The number of ether oxygens (including phenoxy) is 1. The van der Waals surface area contributed by atoms with E-state index >= 15 is 0 Å². The second kappa shape index (κ2) is 5.85. The summed E-state index contributed by atoms with van der Waals surface area (Å²) in [4.78, 5) is 7.14. The number of fused-ring (bicyclic) bond motifs is 1. The standard InChI is InChI=1S/C16H22ClN3O/c1-11(17)16-18-15-13(5-4-6-14(15)21-3)20(16)12-7-9-19(2)10-8-12/h4-6,11-12H,7-10H2,1-3H3. The highest BCUT2D eigenvalue weighted by Crippen LogP contribution is 2.35. The lowest BCUT2D eigenvalue weighted by molar-refractivity contribution is 0.221. The molecule has 0 radical (unpaired) electrons. The quantitative estimate of drug-likeness (QED) is 0.812. The molecule has 1 aliphatic heterocycles. The van der Waals surface area contributed by atoms with Crippen molar-refractivity contribution in [3.63, 3.8) is 0 Å². The van der Waals surface area contributed by atoms with Crippen LogP contribution in [0.2, 0.25) is 0 Å². The van der Waals surface area contributed by atoms with Gasteiger partial charge in [0.2, 0.25) is 0 Å². The van der Waals surface area contributed by atoms with Gasteiger partial charge in [-0.25, -0.2) is 4.98 Å². The number of nitrogens with zero attached hydrogens (tertiary/aromatic N) is 3. The van der Waals surface area contributed by atoms with E-state index in [1.54, 1.807) is 7.11 Å². The average molecular weight is 308 g/mol. The first-order valence-electron chi connectivity index (χ1n) is 7.49. The smallest absolute Gasteiger partial charge is 0.146 e. The fourth-order valence-corrected chi connectivity index (χ4v) is 3.35. The van der Waals surface area contributed by atoms with E-state index in [1.807, 2.05) is 19.1 Å². The van der Waals surface area contributed by atoms with Gasteiger partial charge in [0.05, 0.1) is 18.0 Å². The fourth-order valence-electron chi connectivity index (χ4n) is 3.19. The van der Waals surface area contributed by atoms with E-state index in [-0.39, 0.29) is 5.38 Å². The van der Waals surface area contributed by atoms with Crippen LogP contribution >= 0.6 is 11.6 Å². The second-order valence-corrected chi connectivity index (χ2v) is 6.47. The molecule has 5 heteroatoms. The largest absolute Gasteiger partial charge is 0.494 e. The second-order valence-electron chi connectivity index (χ2n) is 5.82. The zero-order valence-electron chi connectivity index (χ0n) is 12.8. The van der Waals surface area contributed by atoms with Crippen LogP contribution in [0.15, 0.2) is 18.2 Å². The van der Waals surface area contributed by atoms with Gasteiger partial charge < -0.3 is 14.2 Å². The first kappa shape index (κ1) is 14.7. The topological polar surface area (TPSA) is 30.3 Å². The molecule has 0 spiro atoms. The number of methoxy groups -OCH3 is 1. The van der Waals surface area contributed by atoms with Crippen molar-refractivity contribution in [2.24, 2.45) is 0 Å². The first-order valence-corrected chi connectivity index (χ1v) is 7.93. The Hall–Kier alpha value is -1.26. The number of piperidine rings is 1. The third-order valence-corrected chi connectivity index (χ3v) is 4.53. The molecule has 1 aromatic heterocycles. The van der Waals surface area contributed by atoms with E-state index in [9.17, 15) is 0 Å². The lowest BCUT2D eigenvalue weighted by Crippen LogP contribution is -2.32. The number of likely N-dealkylation sites (tertiary alicyclic amines) is 1. The number of alkyl halides is 1. The number of halogens is 1. The summed E-state index contributed by atoms with van der Waals surface area (Å²) < 4.78 is 7.79. The molecule has 0 N–H and O–H groups in total. The van der Waals surface area contributed by atoms with Crippen LogP contribution in [-0.4, -0.2) is 41.7 Å². The zero-order chi connectivity index (χ0) is 15.0. The molecule has 1 atom stereocenters. The van der Waals surface area contributed by atoms with Crippen LogP contribution in [0.1, 0.15) is 37.0 Å². The normalized spacial score (nSPS) is 19.0. The maximum atomic E-state index is 6.39. The van der Waals surface area contributed by atoms with Crippen LogP contribution < -0.4 is 4.74 Å². The average Bonchev–Trinajstić information content (AvgIpc) is 2.87. The summed E-state index contributed by atoms with van der Waals surface area (Å²) in [5.74, 6) is 1.77. The molecule has 1 fully saturated rings. The molecule has 0 bridgehead atoms. The Labute approximate surface area is 130 Å². The first-order chi connectivity index (χ1) is 10.1. The number of benzene rings is 1. The Morgan fingerprint density at radius 2 is 2.05 bits per heavy atom. The van der Waals surface area contributed by atoms with Crippen LogP contribution in [0.25, 0.3) is 11.0 Å². The summed E-state index contributed by atoms with van der Waals surface area (Å²) in [5.41, 5.74) is 2.05. The predicted octanol–water partition coefficient (Wildman–Crippen LogP) is 3.61. The number of imidazole rings is 1. The lowest BCUT2D eigenvalue weighted by Gasteiger charge is -2.31. The molecule has 1 unspecified atom stereocenters. The molecule has 0 saturated carbocycles. The summed E-state index contributed by atoms with van der Waals surface area (Å²) >= 11 is 6.39. The molecule has 1 aromatic carbocycles. The van der Waals surface area contributed by atoms with E-state index in [1.165, 1.54) is 0 Å². The van der Waals surface area contributed by atoms with Gasteiger partial charge >= 0.3 is 0 Å². The van der Waals surface area contributed by atoms with Crippen molar-refractivity contribution in [2.45, 2.75) is 31.2 Å². The van der Waals surface area contributed by atoms with Crippen molar-refractivity contribution in [2.75, 3.05) is 27.2 Å². The van der Waals surface area contributed by atoms with Gasteiger partial charge in [-0.15, -0.1) is 11.6 Å².